The maximum atomic E-state index is 14.1. The van der Waals surface area contributed by atoms with Gasteiger partial charge in [0.1, 0.15) is 23.9 Å². The summed E-state index contributed by atoms with van der Waals surface area (Å²) in [7, 11) is 0. The van der Waals surface area contributed by atoms with Crippen LogP contribution in [0.5, 0.6) is 17.2 Å². The minimum Gasteiger partial charge on any atom is -0.508 e. The Kier molecular flexibility index (Phi) is 6.48. The summed E-state index contributed by atoms with van der Waals surface area (Å²) in [6.45, 7) is 4.42. The van der Waals surface area contributed by atoms with Crippen molar-refractivity contribution in [2.45, 2.75) is 25.8 Å². The van der Waals surface area contributed by atoms with E-state index in [4.69, 9.17) is 4.74 Å². The third-order valence-corrected chi connectivity index (χ3v) is 8.41. The topological polar surface area (TPSA) is 74.9 Å². The number of carbonyl (C=O) groups excluding carboxylic acids is 1. The molecular formula is C35H32N2O4. The molecule has 6 heteroatoms. The highest BCUT2D eigenvalue weighted by Crippen LogP contribution is 2.44. The van der Waals surface area contributed by atoms with Gasteiger partial charge in [0.2, 0.25) is 0 Å². The molecule has 0 saturated carbocycles. The molecule has 0 atom stereocenters. The summed E-state index contributed by atoms with van der Waals surface area (Å²) in [5, 5.41) is 20.8. The van der Waals surface area contributed by atoms with E-state index in [1.165, 1.54) is 19.3 Å². The average molecular weight is 545 g/mol. The quantitative estimate of drug-likeness (QED) is 0.215. The van der Waals surface area contributed by atoms with Crippen LogP contribution in [0.4, 0.5) is 0 Å². The van der Waals surface area contributed by atoms with Gasteiger partial charge >= 0.3 is 0 Å². The Morgan fingerprint density at radius 3 is 2.29 bits per heavy atom. The minimum atomic E-state index is -0.0399. The van der Waals surface area contributed by atoms with E-state index < -0.39 is 0 Å². The van der Waals surface area contributed by atoms with Crippen LogP contribution < -0.4 is 4.74 Å². The number of piperidine rings is 1. The van der Waals surface area contributed by atoms with Gasteiger partial charge in [-0.05, 0) is 103 Å². The summed E-state index contributed by atoms with van der Waals surface area (Å²) in [6.07, 6.45) is 3.85. The number of aromatic nitrogens is 1. The van der Waals surface area contributed by atoms with Crippen LogP contribution in [0.1, 0.15) is 40.7 Å². The highest BCUT2D eigenvalue weighted by Gasteiger charge is 2.30. The smallest absolute Gasteiger partial charge is 0.195 e. The molecule has 0 unspecified atom stereocenters. The van der Waals surface area contributed by atoms with Gasteiger partial charge in [-0.25, -0.2) is 0 Å². The fourth-order valence-corrected chi connectivity index (χ4v) is 6.29. The van der Waals surface area contributed by atoms with Crippen LogP contribution in [-0.2, 0) is 6.54 Å². The van der Waals surface area contributed by atoms with Gasteiger partial charge in [0.05, 0.1) is 16.8 Å². The second-order valence-corrected chi connectivity index (χ2v) is 11.0. The summed E-state index contributed by atoms with van der Waals surface area (Å²) in [4.78, 5) is 16.6. The summed E-state index contributed by atoms with van der Waals surface area (Å²) in [5.41, 5.74) is 7.06. The molecule has 0 aliphatic carbocycles. The third-order valence-electron chi connectivity index (χ3n) is 8.41. The number of rotatable bonds is 7. The van der Waals surface area contributed by atoms with Crippen molar-refractivity contribution in [3.8, 4) is 39.6 Å². The maximum absolute atomic E-state index is 14.1. The van der Waals surface area contributed by atoms with Gasteiger partial charge in [0, 0.05) is 29.6 Å². The lowest BCUT2D eigenvalue weighted by molar-refractivity contribution is 0.104. The van der Waals surface area contributed by atoms with Crippen LogP contribution in [0.15, 0.2) is 84.9 Å². The number of phenols is 2. The van der Waals surface area contributed by atoms with Crippen LogP contribution in [0.3, 0.4) is 0 Å². The number of fused-ring (bicyclic) bond motifs is 5. The fraction of sp³-hybridized carbons (Fsp3) is 0.229. The number of likely N-dealkylation sites (tertiary alicyclic amines) is 1. The van der Waals surface area contributed by atoms with E-state index in [1.54, 1.807) is 24.3 Å². The first-order valence-electron chi connectivity index (χ1n) is 14.3. The van der Waals surface area contributed by atoms with E-state index in [1.807, 2.05) is 54.6 Å². The summed E-state index contributed by atoms with van der Waals surface area (Å²) >= 11 is 0. The lowest BCUT2D eigenvalue weighted by atomic mass is 9.95. The number of hydrogen-bond acceptors (Lipinski definition) is 5. The molecule has 41 heavy (non-hydrogen) atoms. The number of hydrogen-bond donors (Lipinski definition) is 2. The lowest BCUT2D eigenvalue weighted by Gasteiger charge is -2.26. The molecule has 6 nitrogen and oxygen atoms in total. The van der Waals surface area contributed by atoms with E-state index in [2.05, 4.69) is 15.5 Å². The molecule has 0 spiro atoms. The molecule has 1 fully saturated rings. The van der Waals surface area contributed by atoms with Crippen molar-refractivity contribution < 1.29 is 19.7 Å². The first kappa shape index (κ1) is 25.4. The summed E-state index contributed by atoms with van der Waals surface area (Å²) in [6, 6.07) is 26.1. The number of aromatic hydroxyl groups is 2. The predicted molar refractivity (Wildman–Crippen MR) is 161 cm³/mol. The first-order valence-corrected chi connectivity index (χ1v) is 14.3. The Bertz CT molecular complexity index is 1750. The van der Waals surface area contributed by atoms with Crippen LogP contribution in [0, 0.1) is 0 Å². The summed E-state index contributed by atoms with van der Waals surface area (Å²) in [5.74, 6) is 1.17. The highest BCUT2D eigenvalue weighted by molar-refractivity contribution is 6.21. The van der Waals surface area contributed by atoms with E-state index in [-0.39, 0.29) is 17.3 Å². The van der Waals surface area contributed by atoms with Crippen LogP contribution in [0.2, 0.25) is 0 Å². The van der Waals surface area contributed by atoms with Gasteiger partial charge < -0.3 is 19.5 Å². The van der Waals surface area contributed by atoms with Gasteiger partial charge in [0.15, 0.2) is 5.78 Å². The predicted octanol–water partition coefficient (Wildman–Crippen LogP) is 6.84. The average Bonchev–Trinajstić information content (AvgIpc) is 3.51. The van der Waals surface area contributed by atoms with Gasteiger partial charge in [0.25, 0.3) is 0 Å². The summed E-state index contributed by atoms with van der Waals surface area (Å²) < 4.78 is 8.18. The Morgan fingerprint density at radius 1 is 0.780 bits per heavy atom. The third kappa shape index (κ3) is 4.74. The Balaban J connectivity index is 1.23. The zero-order valence-electron chi connectivity index (χ0n) is 22.8. The Morgan fingerprint density at radius 2 is 1.51 bits per heavy atom. The Hall–Kier alpha value is -4.55. The number of ketones is 1. The first-order chi connectivity index (χ1) is 20.0. The minimum absolute atomic E-state index is 0.0399. The molecule has 4 aromatic carbocycles. The zero-order valence-corrected chi connectivity index (χ0v) is 22.8. The second kappa shape index (κ2) is 10.5. The molecule has 2 aliphatic heterocycles. The number of ether oxygens (including phenoxy) is 1. The number of phenolic OH excluding ortho intramolecular Hbond substituents is 2. The number of carbonyl (C=O) groups is 1. The standard InChI is InChI=1S/C35H32N2O4/c38-27-9-4-23(5-10-27)25-8-14-31-32(21-25)37-22-26-20-28(39)11-15-30(26)34(37)33(31)35(40)24-6-12-29(13-7-24)41-19-18-36-16-2-1-3-17-36/h4-15,20-21,38-39H,1-3,16-19,22H2. The molecule has 1 aromatic heterocycles. The Labute approximate surface area is 239 Å². The van der Waals surface area contributed by atoms with Gasteiger partial charge in [-0.1, -0.05) is 30.7 Å². The zero-order chi connectivity index (χ0) is 27.9. The SMILES string of the molecule is O=C(c1ccc(OCCN2CCCCC2)cc1)c1c2n(c3cc(-c4ccc(O)cc4)ccc13)Cc1cc(O)ccc1-2. The molecule has 2 aliphatic rings. The van der Waals surface area contributed by atoms with Crippen molar-refractivity contribution in [3.05, 3.63) is 102 Å². The molecule has 2 N–H and O–H groups in total. The van der Waals surface area contributed by atoms with Crippen molar-refractivity contribution in [3.63, 3.8) is 0 Å². The van der Waals surface area contributed by atoms with E-state index in [0.717, 1.165) is 64.2 Å². The van der Waals surface area contributed by atoms with Crippen LogP contribution in [-0.4, -0.2) is 51.7 Å². The molecular weight excluding hydrogens is 512 g/mol. The van der Waals surface area contributed by atoms with Crippen molar-refractivity contribution in [2.75, 3.05) is 26.2 Å². The molecule has 3 heterocycles. The maximum Gasteiger partial charge on any atom is 0.195 e. The van der Waals surface area contributed by atoms with E-state index >= 15 is 0 Å². The molecule has 0 radical (unpaired) electrons. The van der Waals surface area contributed by atoms with Gasteiger partial charge in [-0.15, -0.1) is 0 Å². The van der Waals surface area contributed by atoms with Crippen molar-refractivity contribution >= 4 is 16.7 Å². The second-order valence-electron chi connectivity index (χ2n) is 11.0. The molecule has 206 valence electrons. The van der Waals surface area contributed by atoms with Crippen molar-refractivity contribution in [1.82, 2.24) is 9.47 Å². The van der Waals surface area contributed by atoms with Crippen molar-refractivity contribution in [2.24, 2.45) is 0 Å². The largest absolute Gasteiger partial charge is 0.508 e. The molecule has 0 amide bonds. The number of benzene rings is 4. The van der Waals surface area contributed by atoms with Gasteiger partial charge in [-0.2, -0.15) is 0 Å². The number of nitrogens with zero attached hydrogens (tertiary/aromatic N) is 2. The normalized spacial score (nSPS) is 14.6. The van der Waals surface area contributed by atoms with E-state index in [0.29, 0.717) is 24.3 Å². The van der Waals surface area contributed by atoms with E-state index in [9.17, 15) is 15.0 Å². The molecule has 1 saturated heterocycles. The molecule has 5 aromatic rings. The van der Waals surface area contributed by atoms with Gasteiger partial charge in [-0.3, -0.25) is 9.69 Å². The molecule has 7 rings (SSSR count). The highest BCUT2D eigenvalue weighted by atomic mass is 16.5. The lowest BCUT2D eigenvalue weighted by Crippen LogP contribution is -2.33. The fourth-order valence-electron chi connectivity index (χ4n) is 6.29. The van der Waals surface area contributed by atoms with Crippen LogP contribution in [0.25, 0.3) is 33.3 Å². The van der Waals surface area contributed by atoms with Crippen molar-refractivity contribution in [1.29, 1.82) is 0 Å². The monoisotopic (exact) mass is 544 g/mol. The van der Waals surface area contributed by atoms with Crippen LogP contribution >= 0.6 is 0 Å². The molecule has 0 bridgehead atoms.